The summed E-state index contributed by atoms with van der Waals surface area (Å²) in [6, 6.07) is 4.44. The summed E-state index contributed by atoms with van der Waals surface area (Å²) in [5, 5.41) is 3.25. The van der Waals surface area contributed by atoms with E-state index in [0.29, 0.717) is 28.4 Å². The van der Waals surface area contributed by atoms with Crippen LogP contribution in [0.4, 0.5) is 23.1 Å². The van der Waals surface area contributed by atoms with E-state index in [0.717, 1.165) is 23.7 Å². The van der Waals surface area contributed by atoms with E-state index >= 15 is 0 Å². The standard InChI is InChI=1S/C20H28N6/c1-13-5-6-22-15(7-13)25-17-16(21)18(24-12-23-17)26-11-20(4)9-14(26)8-19(2,3)10-20/h5-7,12,14H,8-11,21H2,1-4H3,(H,22,23,24,25). The number of pyridine rings is 1. The molecular weight excluding hydrogens is 324 g/mol. The Morgan fingerprint density at radius 1 is 1.19 bits per heavy atom. The Morgan fingerprint density at radius 3 is 2.77 bits per heavy atom. The van der Waals surface area contributed by atoms with Crippen LogP contribution in [0.2, 0.25) is 0 Å². The summed E-state index contributed by atoms with van der Waals surface area (Å²) < 4.78 is 0. The van der Waals surface area contributed by atoms with Crippen LogP contribution >= 0.6 is 0 Å². The van der Waals surface area contributed by atoms with Gasteiger partial charge >= 0.3 is 0 Å². The predicted molar refractivity (Wildman–Crippen MR) is 106 cm³/mol. The number of rotatable bonds is 3. The van der Waals surface area contributed by atoms with Gasteiger partial charge in [0, 0.05) is 18.8 Å². The number of aryl methyl sites for hydroxylation is 1. The number of hydrogen-bond donors (Lipinski definition) is 2. The van der Waals surface area contributed by atoms with Crippen molar-refractivity contribution in [3.63, 3.8) is 0 Å². The number of fused-ring (bicyclic) bond motifs is 2. The van der Waals surface area contributed by atoms with Gasteiger partial charge in [-0.05, 0) is 54.7 Å². The molecule has 2 unspecified atom stereocenters. The van der Waals surface area contributed by atoms with Gasteiger partial charge in [0.05, 0.1) is 0 Å². The van der Waals surface area contributed by atoms with Crippen LogP contribution in [0.5, 0.6) is 0 Å². The van der Waals surface area contributed by atoms with E-state index in [4.69, 9.17) is 5.73 Å². The van der Waals surface area contributed by atoms with Crippen LogP contribution in [-0.4, -0.2) is 27.5 Å². The zero-order valence-electron chi connectivity index (χ0n) is 16.1. The van der Waals surface area contributed by atoms with Crippen LogP contribution in [0.15, 0.2) is 24.7 Å². The molecule has 1 aliphatic heterocycles. The number of nitrogens with two attached hydrogens (primary N) is 1. The topological polar surface area (TPSA) is 80.0 Å². The molecule has 4 rings (SSSR count). The van der Waals surface area contributed by atoms with Crippen LogP contribution in [0, 0.1) is 17.8 Å². The lowest BCUT2D eigenvalue weighted by Crippen LogP contribution is -2.35. The molecule has 0 spiro atoms. The minimum Gasteiger partial charge on any atom is -0.393 e. The molecule has 3 heterocycles. The van der Waals surface area contributed by atoms with Crippen molar-refractivity contribution in [2.24, 2.45) is 10.8 Å². The number of hydrogen-bond acceptors (Lipinski definition) is 6. The first-order chi connectivity index (χ1) is 12.2. The summed E-state index contributed by atoms with van der Waals surface area (Å²) in [4.78, 5) is 15.7. The largest absolute Gasteiger partial charge is 0.393 e. The summed E-state index contributed by atoms with van der Waals surface area (Å²) in [5.74, 6) is 2.22. The maximum absolute atomic E-state index is 6.49. The van der Waals surface area contributed by atoms with Crippen molar-refractivity contribution in [2.75, 3.05) is 22.5 Å². The third-order valence-electron chi connectivity index (χ3n) is 5.71. The van der Waals surface area contributed by atoms with Gasteiger partial charge in [-0.3, -0.25) is 0 Å². The highest BCUT2D eigenvalue weighted by molar-refractivity contribution is 5.78. The Hall–Kier alpha value is -2.37. The lowest BCUT2D eigenvalue weighted by molar-refractivity contribution is 0.136. The van der Waals surface area contributed by atoms with Crippen molar-refractivity contribution in [3.05, 3.63) is 30.2 Å². The fourth-order valence-electron chi connectivity index (χ4n) is 5.15. The highest BCUT2D eigenvalue weighted by Crippen LogP contribution is 2.54. The minimum absolute atomic E-state index is 0.329. The van der Waals surface area contributed by atoms with E-state index in [-0.39, 0.29) is 0 Å². The second kappa shape index (κ2) is 5.83. The monoisotopic (exact) mass is 352 g/mol. The van der Waals surface area contributed by atoms with E-state index in [1.54, 1.807) is 12.5 Å². The lowest BCUT2D eigenvalue weighted by Gasteiger charge is -2.39. The maximum Gasteiger partial charge on any atom is 0.160 e. The summed E-state index contributed by atoms with van der Waals surface area (Å²) in [6.45, 7) is 10.2. The van der Waals surface area contributed by atoms with Gasteiger partial charge in [-0.1, -0.05) is 20.8 Å². The van der Waals surface area contributed by atoms with Crippen LogP contribution in [-0.2, 0) is 0 Å². The molecule has 1 aliphatic carbocycles. The van der Waals surface area contributed by atoms with Crippen LogP contribution in [0.25, 0.3) is 0 Å². The van der Waals surface area contributed by atoms with E-state index < -0.39 is 0 Å². The Labute approximate surface area is 155 Å². The predicted octanol–water partition coefficient (Wildman–Crippen LogP) is 3.91. The zero-order valence-corrected chi connectivity index (χ0v) is 16.1. The van der Waals surface area contributed by atoms with Crippen molar-refractivity contribution >= 4 is 23.1 Å². The lowest BCUT2D eigenvalue weighted by atomic mass is 9.65. The summed E-state index contributed by atoms with van der Waals surface area (Å²) in [5.41, 5.74) is 8.92. The Bertz CT molecular complexity index is 833. The molecule has 138 valence electrons. The Kier molecular flexibility index (Phi) is 3.82. The second-order valence-electron chi connectivity index (χ2n) is 9.14. The summed E-state index contributed by atoms with van der Waals surface area (Å²) >= 11 is 0. The summed E-state index contributed by atoms with van der Waals surface area (Å²) in [7, 11) is 0. The first-order valence-electron chi connectivity index (χ1n) is 9.32. The highest BCUT2D eigenvalue weighted by Gasteiger charge is 2.50. The second-order valence-corrected chi connectivity index (χ2v) is 9.14. The molecule has 0 radical (unpaired) electrons. The van der Waals surface area contributed by atoms with Crippen molar-refractivity contribution in [3.8, 4) is 0 Å². The number of aromatic nitrogens is 3. The first kappa shape index (κ1) is 17.1. The third-order valence-corrected chi connectivity index (χ3v) is 5.71. The van der Waals surface area contributed by atoms with Gasteiger partial charge in [0.25, 0.3) is 0 Å². The molecule has 1 saturated carbocycles. The molecule has 26 heavy (non-hydrogen) atoms. The van der Waals surface area contributed by atoms with Gasteiger partial charge in [-0.2, -0.15) is 0 Å². The first-order valence-corrected chi connectivity index (χ1v) is 9.32. The van der Waals surface area contributed by atoms with Crippen LogP contribution in [0.1, 0.15) is 45.6 Å². The van der Waals surface area contributed by atoms with Crippen molar-refractivity contribution in [1.82, 2.24) is 15.0 Å². The molecule has 0 aromatic carbocycles. The molecule has 6 nitrogen and oxygen atoms in total. The fraction of sp³-hybridized carbons (Fsp3) is 0.550. The normalized spacial score (nSPS) is 26.8. The molecule has 0 amide bonds. The zero-order chi connectivity index (χ0) is 18.5. The van der Waals surface area contributed by atoms with E-state index in [1.165, 1.54) is 19.3 Å². The number of nitrogens with one attached hydrogen (secondary N) is 1. The smallest absolute Gasteiger partial charge is 0.160 e. The van der Waals surface area contributed by atoms with Gasteiger partial charge < -0.3 is 16.0 Å². The molecule has 2 bridgehead atoms. The third kappa shape index (κ3) is 3.08. The molecule has 6 heteroatoms. The molecule has 3 N–H and O–H groups in total. The SMILES string of the molecule is Cc1ccnc(Nc2ncnc(N3CC4(C)CC3CC(C)(C)C4)c2N)c1. The molecule has 2 aromatic rings. The molecule has 2 aliphatic rings. The fourth-order valence-corrected chi connectivity index (χ4v) is 5.15. The van der Waals surface area contributed by atoms with Crippen molar-refractivity contribution < 1.29 is 0 Å². The quantitative estimate of drug-likeness (QED) is 0.872. The molecule has 2 fully saturated rings. The Balaban J connectivity index is 1.64. The molecule has 1 saturated heterocycles. The molecule has 2 atom stereocenters. The van der Waals surface area contributed by atoms with E-state index in [2.05, 4.69) is 45.9 Å². The van der Waals surface area contributed by atoms with E-state index in [9.17, 15) is 0 Å². The van der Waals surface area contributed by atoms with Crippen LogP contribution in [0.3, 0.4) is 0 Å². The van der Waals surface area contributed by atoms with Crippen LogP contribution < -0.4 is 16.0 Å². The van der Waals surface area contributed by atoms with Gasteiger partial charge in [0.2, 0.25) is 0 Å². The Morgan fingerprint density at radius 2 is 2.00 bits per heavy atom. The van der Waals surface area contributed by atoms with Crippen molar-refractivity contribution in [2.45, 2.75) is 53.0 Å². The van der Waals surface area contributed by atoms with Gasteiger partial charge in [0.1, 0.15) is 17.8 Å². The van der Waals surface area contributed by atoms with Gasteiger partial charge in [-0.15, -0.1) is 0 Å². The summed E-state index contributed by atoms with van der Waals surface area (Å²) in [6.07, 6.45) is 7.01. The maximum atomic E-state index is 6.49. The molecular formula is C20H28N6. The average molecular weight is 352 g/mol. The van der Waals surface area contributed by atoms with Crippen molar-refractivity contribution in [1.29, 1.82) is 0 Å². The number of nitrogen functional groups attached to an aromatic ring is 1. The van der Waals surface area contributed by atoms with E-state index in [1.807, 2.05) is 19.1 Å². The van der Waals surface area contributed by atoms with Gasteiger partial charge in [-0.25, -0.2) is 15.0 Å². The minimum atomic E-state index is 0.329. The highest BCUT2D eigenvalue weighted by atomic mass is 15.3. The number of nitrogens with zero attached hydrogens (tertiary/aromatic N) is 4. The van der Waals surface area contributed by atoms with Gasteiger partial charge in [0.15, 0.2) is 11.6 Å². The number of anilines is 4. The molecule has 2 aromatic heterocycles. The average Bonchev–Trinajstić information content (AvgIpc) is 2.78.